The lowest BCUT2D eigenvalue weighted by atomic mass is 10.2. The van der Waals surface area contributed by atoms with Gasteiger partial charge in [0.25, 0.3) is 6.43 Å². The Labute approximate surface area is 99.1 Å². The van der Waals surface area contributed by atoms with Gasteiger partial charge >= 0.3 is 0 Å². The highest BCUT2D eigenvalue weighted by Crippen LogP contribution is 2.27. The van der Waals surface area contributed by atoms with Crippen molar-refractivity contribution in [3.8, 4) is 0 Å². The van der Waals surface area contributed by atoms with Gasteiger partial charge in [-0.15, -0.1) is 0 Å². The summed E-state index contributed by atoms with van der Waals surface area (Å²) in [6, 6.07) is 1.38. The lowest BCUT2D eigenvalue weighted by Crippen LogP contribution is -2.18. The zero-order valence-electron chi connectivity index (χ0n) is 7.54. The third-order valence-corrected chi connectivity index (χ3v) is 3.30. The highest BCUT2D eigenvalue weighted by Gasteiger charge is 2.25. The van der Waals surface area contributed by atoms with Gasteiger partial charge < -0.3 is 0 Å². The number of primary sulfonamides is 1. The summed E-state index contributed by atoms with van der Waals surface area (Å²) in [5.74, 6) is 0. The molecule has 1 heterocycles. The fraction of sp³-hybridized carbons (Fsp3) is 0.286. The molecule has 15 heavy (non-hydrogen) atoms. The Morgan fingerprint density at radius 3 is 2.47 bits per heavy atom. The molecule has 0 atom stereocenters. The number of aryl methyl sites for hydroxylation is 1. The van der Waals surface area contributed by atoms with Crippen LogP contribution in [0.1, 0.15) is 17.7 Å². The molecule has 1 aromatic rings. The predicted molar refractivity (Wildman–Crippen MR) is 58.0 cm³/mol. The van der Waals surface area contributed by atoms with Crippen LogP contribution in [0.5, 0.6) is 0 Å². The van der Waals surface area contributed by atoms with Gasteiger partial charge in [0.1, 0.15) is 14.3 Å². The minimum absolute atomic E-state index is 0.173. The Morgan fingerprint density at radius 1 is 1.53 bits per heavy atom. The molecule has 1 aromatic heterocycles. The van der Waals surface area contributed by atoms with Crippen LogP contribution in [0.15, 0.2) is 11.0 Å². The van der Waals surface area contributed by atoms with Crippen molar-refractivity contribution < 1.29 is 17.2 Å². The number of hydrogen-bond acceptors (Lipinski definition) is 3. The molecule has 0 unspecified atom stereocenters. The van der Waals surface area contributed by atoms with Crippen LogP contribution in [0.3, 0.4) is 0 Å². The van der Waals surface area contributed by atoms with Crippen LogP contribution in [-0.2, 0) is 10.0 Å². The van der Waals surface area contributed by atoms with Crippen LogP contribution in [0.25, 0.3) is 0 Å². The maximum Gasteiger partial charge on any atom is 0.281 e. The number of aromatic nitrogens is 1. The number of sulfonamides is 1. The Kier molecular flexibility index (Phi) is 3.61. The molecule has 0 aromatic carbocycles. The van der Waals surface area contributed by atoms with E-state index >= 15 is 0 Å². The number of alkyl halides is 2. The van der Waals surface area contributed by atoms with Crippen LogP contribution in [0, 0.1) is 10.6 Å². The van der Waals surface area contributed by atoms with Crippen molar-refractivity contribution in [3.05, 3.63) is 21.0 Å². The molecular formula is C7H7F2IN2O2S. The maximum atomic E-state index is 12.5. The van der Waals surface area contributed by atoms with E-state index in [1.165, 1.54) is 13.0 Å². The summed E-state index contributed by atoms with van der Waals surface area (Å²) in [6.07, 6.45) is -2.97. The fourth-order valence-electron chi connectivity index (χ4n) is 1.16. The van der Waals surface area contributed by atoms with Gasteiger partial charge in [0, 0.05) is 0 Å². The Morgan fingerprint density at radius 2 is 2.07 bits per heavy atom. The molecule has 4 nitrogen and oxygen atoms in total. The molecule has 0 radical (unpaired) electrons. The van der Waals surface area contributed by atoms with Gasteiger partial charge in [-0.2, -0.15) is 0 Å². The summed E-state index contributed by atoms with van der Waals surface area (Å²) in [5.41, 5.74) is -0.617. The van der Waals surface area contributed by atoms with Crippen molar-refractivity contribution in [2.75, 3.05) is 0 Å². The summed E-state index contributed by atoms with van der Waals surface area (Å²) in [7, 11) is -4.17. The second-order valence-electron chi connectivity index (χ2n) is 2.82. The molecule has 0 bridgehead atoms. The maximum absolute atomic E-state index is 12.5. The molecule has 2 N–H and O–H groups in total. The minimum atomic E-state index is -4.17. The van der Waals surface area contributed by atoms with E-state index in [0.29, 0.717) is 3.70 Å². The van der Waals surface area contributed by atoms with E-state index < -0.39 is 27.0 Å². The van der Waals surface area contributed by atoms with E-state index in [1.54, 1.807) is 22.6 Å². The Hall–Kier alpha value is -0.350. The zero-order chi connectivity index (χ0) is 11.8. The minimum Gasteiger partial charge on any atom is -0.239 e. The van der Waals surface area contributed by atoms with Gasteiger partial charge in [0.2, 0.25) is 10.0 Å². The smallest absolute Gasteiger partial charge is 0.239 e. The Balaban J connectivity index is 3.62. The summed E-state index contributed by atoms with van der Waals surface area (Å²) in [6.45, 7) is 1.40. The highest BCUT2D eigenvalue weighted by atomic mass is 127. The van der Waals surface area contributed by atoms with E-state index in [2.05, 4.69) is 4.98 Å². The largest absolute Gasteiger partial charge is 0.281 e. The molecule has 0 saturated carbocycles. The third kappa shape index (κ3) is 2.82. The van der Waals surface area contributed by atoms with Gasteiger partial charge in [-0.3, -0.25) is 0 Å². The van der Waals surface area contributed by atoms with Gasteiger partial charge in [0.05, 0.1) is 0 Å². The van der Waals surface area contributed by atoms with Crippen molar-refractivity contribution in [2.45, 2.75) is 18.2 Å². The van der Waals surface area contributed by atoms with E-state index in [0.717, 1.165) is 0 Å². The van der Waals surface area contributed by atoms with E-state index in [-0.39, 0.29) is 5.56 Å². The average Bonchev–Trinajstić information content (AvgIpc) is 1.99. The van der Waals surface area contributed by atoms with Gasteiger partial charge in [-0.25, -0.2) is 27.3 Å². The number of pyridine rings is 1. The topological polar surface area (TPSA) is 73.0 Å². The first-order valence-electron chi connectivity index (χ1n) is 3.71. The molecule has 0 amide bonds. The molecule has 0 aliphatic rings. The molecule has 8 heteroatoms. The van der Waals surface area contributed by atoms with Gasteiger partial charge in [-0.05, 0) is 41.1 Å². The SMILES string of the molecule is Cc1cc(I)nc(C(F)F)c1S(N)(=O)=O. The summed E-state index contributed by atoms with van der Waals surface area (Å²) in [4.78, 5) is 2.89. The zero-order valence-corrected chi connectivity index (χ0v) is 10.5. The molecule has 1 rings (SSSR count). The van der Waals surface area contributed by atoms with Gasteiger partial charge in [0.15, 0.2) is 0 Å². The van der Waals surface area contributed by atoms with Crippen LogP contribution in [-0.4, -0.2) is 13.4 Å². The van der Waals surface area contributed by atoms with Crippen molar-refractivity contribution in [1.29, 1.82) is 0 Å². The normalized spacial score (nSPS) is 12.1. The van der Waals surface area contributed by atoms with Crippen molar-refractivity contribution in [3.63, 3.8) is 0 Å². The molecule has 0 fully saturated rings. The fourth-order valence-corrected chi connectivity index (χ4v) is 2.82. The molecule has 0 saturated heterocycles. The van der Waals surface area contributed by atoms with Crippen LogP contribution in [0.2, 0.25) is 0 Å². The number of nitrogens with zero attached hydrogens (tertiary/aromatic N) is 1. The summed E-state index contributed by atoms with van der Waals surface area (Å²) < 4.78 is 47.5. The molecule has 84 valence electrons. The van der Waals surface area contributed by atoms with Crippen LogP contribution >= 0.6 is 22.6 Å². The second kappa shape index (κ2) is 4.26. The predicted octanol–water partition coefficient (Wildman–Crippen LogP) is 1.58. The average molecular weight is 348 g/mol. The van der Waals surface area contributed by atoms with E-state index in [9.17, 15) is 17.2 Å². The van der Waals surface area contributed by atoms with Crippen molar-refractivity contribution in [1.82, 2.24) is 4.98 Å². The number of rotatable bonds is 2. The molecular weight excluding hydrogens is 341 g/mol. The van der Waals surface area contributed by atoms with Crippen LogP contribution < -0.4 is 5.14 Å². The van der Waals surface area contributed by atoms with Crippen molar-refractivity contribution in [2.24, 2.45) is 5.14 Å². The first kappa shape index (κ1) is 12.7. The van der Waals surface area contributed by atoms with E-state index in [1.807, 2.05) is 0 Å². The highest BCUT2D eigenvalue weighted by molar-refractivity contribution is 14.1. The number of hydrogen-bond donors (Lipinski definition) is 1. The lowest BCUT2D eigenvalue weighted by molar-refractivity contribution is 0.142. The third-order valence-electron chi connectivity index (χ3n) is 1.64. The first-order chi connectivity index (χ1) is 6.73. The standard InChI is InChI=1S/C7H7F2IN2O2S/c1-3-2-4(10)12-5(7(8)9)6(3)15(11,13)14/h2,7H,1H3,(H2,11,13,14). The molecule has 0 spiro atoms. The first-order valence-corrected chi connectivity index (χ1v) is 6.34. The molecule has 0 aliphatic carbocycles. The monoisotopic (exact) mass is 348 g/mol. The molecule has 0 aliphatic heterocycles. The Bertz CT molecular complexity index is 490. The van der Waals surface area contributed by atoms with E-state index in [4.69, 9.17) is 5.14 Å². The summed E-state index contributed by atoms with van der Waals surface area (Å²) >= 11 is 1.73. The second-order valence-corrected chi connectivity index (χ2v) is 5.43. The lowest BCUT2D eigenvalue weighted by Gasteiger charge is -2.09. The van der Waals surface area contributed by atoms with Crippen LogP contribution in [0.4, 0.5) is 8.78 Å². The van der Waals surface area contributed by atoms with Gasteiger partial charge in [-0.1, -0.05) is 0 Å². The quantitative estimate of drug-likeness (QED) is 0.652. The number of halogens is 3. The number of nitrogens with two attached hydrogens (primary N) is 1. The summed E-state index contributed by atoms with van der Waals surface area (Å²) in [5, 5.41) is 4.84. The van der Waals surface area contributed by atoms with Crippen molar-refractivity contribution >= 4 is 32.6 Å².